The highest BCUT2D eigenvalue weighted by Gasteiger charge is 2.32. The number of anilines is 1. The van der Waals surface area contributed by atoms with Gasteiger partial charge in [0.2, 0.25) is 0 Å². The Morgan fingerprint density at radius 2 is 1.91 bits per heavy atom. The lowest BCUT2D eigenvalue weighted by molar-refractivity contribution is 0.272. The van der Waals surface area contributed by atoms with Crippen LogP contribution in [0.25, 0.3) is 0 Å². The molecule has 2 heterocycles. The maximum Gasteiger partial charge on any atom is 0.148 e. The second kappa shape index (κ2) is 5.76. The van der Waals surface area contributed by atoms with Crippen LogP contribution in [0.15, 0.2) is 35.1 Å². The molecule has 2 aliphatic rings. The van der Waals surface area contributed by atoms with E-state index < -0.39 is 0 Å². The predicted molar refractivity (Wildman–Crippen MR) is 86.9 cm³/mol. The summed E-state index contributed by atoms with van der Waals surface area (Å²) in [6, 6.07) is 8.75. The normalized spacial score (nSPS) is 25.1. The molecule has 0 amide bonds. The molecule has 1 N–H and O–H groups in total. The number of rotatable bonds is 3. The lowest BCUT2D eigenvalue weighted by Gasteiger charge is -2.27. The number of hydrogen-bond donors (Lipinski definition) is 1. The summed E-state index contributed by atoms with van der Waals surface area (Å²) in [5.74, 6) is 0.929. The lowest BCUT2D eigenvalue weighted by Crippen LogP contribution is -2.35. The highest BCUT2D eigenvalue weighted by Crippen LogP contribution is 2.46. The van der Waals surface area contributed by atoms with Crippen LogP contribution in [0.1, 0.15) is 61.3 Å². The van der Waals surface area contributed by atoms with E-state index in [1.54, 1.807) is 6.26 Å². The summed E-state index contributed by atoms with van der Waals surface area (Å²) in [7, 11) is 0. The van der Waals surface area contributed by atoms with Gasteiger partial charge in [-0.25, -0.2) is 5.01 Å². The Morgan fingerprint density at radius 3 is 2.73 bits per heavy atom. The lowest BCUT2D eigenvalue weighted by atomic mass is 9.97. The smallest absolute Gasteiger partial charge is 0.148 e. The van der Waals surface area contributed by atoms with E-state index in [0.29, 0.717) is 11.8 Å². The molecule has 2 aromatic rings. The summed E-state index contributed by atoms with van der Waals surface area (Å²) in [5, 5.41) is 6.63. The Bertz CT molecular complexity index is 645. The summed E-state index contributed by atoms with van der Waals surface area (Å²) in [4.78, 5) is 0. The third-order valence-corrected chi connectivity index (χ3v) is 5.05. The van der Waals surface area contributed by atoms with Gasteiger partial charge in [0.25, 0.3) is 0 Å². The number of fused-ring (bicyclic) bond motifs is 1. The van der Waals surface area contributed by atoms with Crippen LogP contribution >= 0.6 is 0 Å². The van der Waals surface area contributed by atoms with Crippen LogP contribution in [0.4, 0.5) is 5.69 Å². The Labute approximate surface area is 131 Å². The third kappa shape index (κ3) is 2.41. The molecule has 1 fully saturated rings. The quantitative estimate of drug-likeness (QED) is 0.925. The van der Waals surface area contributed by atoms with Gasteiger partial charge in [0.1, 0.15) is 17.6 Å². The number of nitrogens with zero attached hydrogens (tertiary/aromatic N) is 2. The van der Waals surface area contributed by atoms with Crippen molar-refractivity contribution in [3.8, 4) is 0 Å². The van der Waals surface area contributed by atoms with Crippen LogP contribution < -0.4 is 5.43 Å². The van der Waals surface area contributed by atoms with Crippen molar-refractivity contribution in [1.29, 1.82) is 0 Å². The van der Waals surface area contributed by atoms with Crippen molar-refractivity contribution in [2.24, 2.45) is 0 Å². The minimum absolute atomic E-state index is 0.345. The number of hydrazine groups is 1. The molecule has 2 atom stereocenters. The molecule has 0 spiro atoms. The second-order valence-electron chi connectivity index (χ2n) is 6.59. The number of benzene rings is 1. The van der Waals surface area contributed by atoms with Gasteiger partial charge in [-0.05, 0) is 36.3 Å². The standard InChI is InChI=1S/C18H23N3O/c1-13-11-16(15-8-4-3-7-14(13)15)18-17(12-22-20-18)19-21-9-5-2-6-10-21/h3-4,7-8,12-13,16,19H,2,5-6,9-11H2,1H3. The molecule has 4 nitrogen and oxygen atoms in total. The zero-order chi connectivity index (χ0) is 14.9. The van der Waals surface area contributed by atoms with Gasteiger partial charge in [-0.2, -0.15) is 0 Å². The van der Waals surface area contributed by atoms with Crippen molar-refractivity contribution in [1.82, 2.24) is 10.2 Å². The summed E-state index contributed by atoms with van der Waals surface area (Å²) in [6.45, 7) is 4.50. The van der Waals surface area contributed by atoms with Gasteiger partial charge in [0, 0.05) is 19.0 Å². The molecule has 0 bridgehead atoms. The molecule has 4 heteroatoms. The van der Waals surface area contributed by atoms with Crippen molar-refractivity contribution >= 4 is 5.69 Å². The maximum absolute atomic E-state index is 5.31. The summed E-state index contributed by atoms with van der Waals surface area (Å²) in [5.41, 5.74) is 8.49. The third-order valence-electron chi connectivity index (χ3n) is 5.05. The Kier molecular flexibility index (Phi) is 3.62. The zero-order valence-electron chi connectivity index (χ0n) is 13.1. The topological polar surface area (TPSA) is 41.3 Å². The minimum Gasteiger partial charge on any atom is -0.362 e. The highest BCUT2D eigenvalue weighted by molar-refractivity contribution is 5.52. The molecular weight excluding hydrogens is 274 g/mol. The minimum atomic E-state index is 0.345. The average molecular weight is 297 g/mol. The molecule has 0 radical (unpaired) electrons. The first kappa shape index (κ1) is 13.8. The van der Waals surface area contributed by atoms with Gasteiger partial charge in [0.15, 0.2) is 0 Å². The zero-order valence-corrected chi connectivity index (χ0v) is 13.1. The molecule has 1 saturated heterocycles. The first-order valence-electron chi connectivity index (χ1n) is 8.37. The average Bonchev–Trinajstić information content (AvgIpc) is 3.13. The molecule has 0 saturated carbocycles. The van der Waals surface area contributed by atoms with Crippen LogP contribution in [0.2, 0.25) is 0 Å². The van der Waals surface area contributed by atoms with Crippen molar-refractivity contribution in [3.63, 3.8) is 0 Å². The van der Waals surface area contributed by atoms with Gasteiger partial charge in [-0.1, -0.05) is 42.8 Å². The number of hydrogen-bond acceptors (Lipinski definition) is 4. The fourth-order valence-electron chi connectivity index (χ4n) is 3.90. The molecule has 1 aromatic heterocycles. The molecule has 116 valence electrons. The summed E-state index contributed by atoms with van der Waals surface area (Å²) >= 11 is 0. The van der Waals surface area contributed by atoms with Gasteiger partial charge in [-0.3, -0.25) is 0 Å². The highest BCUT2D eigenvalue weighted by atomic mass is 16.5. The number of nitrogens with one attached hydrogen (secondary N) is 1. The van der Waals surface area contributed by atoms with E-state index in [-0.39, 0.29) is 0 Å². The molecular formula is C18H23N3O. The molecule has 1 aromatic carbocycles. The van der Waals surface area contributed by atoms with Crippen LogP contribution in [-0.2, 0) is 0 Å². The molecule has 1 aliphatic carbocycles. The van der Waals surface area contributed by atoms with E-state index in [1.807, 2.05) is 0 Å². The van der Waals surface area contributed by atoms with Crippen LogP contribution in [0.5, 0.6) is 0 Å². The van der Waals surface area contributed by atoms with E-state index in [2.05, 4.69) is 46.8 Å². The Hall–Kier alpha value is -1.81. The van der Waals surface area contributed by atoms with E-state index in [1.165, 1.54) is 30.4 Å². The SMILES string of the molecule is CC1CC(c2nocc2NN2CCCCC2)c2ccccc21. The molecule has 1 aliphatic heterocycles. The fourth-order valence-corrected chi connectivity index (χ4v) is 3.90. The molecule has 4 rings (SSSR count). The van der Waals surface area contributed by atoms with Gasteiger partial charge >= 0.3 is 0 Å². The first-order valence-corrected chi connectivity index (χ1v) is 8.37. The van der Waals surface area contributed by atoms with Gasteiger partial charge in [-0.15, -0.1) is 0 Å². The van der Waals surface area contributed by atoms with Crippen molar-refractivity contribution < 1.29 is 4.52 Å². The van der Waals surface area contributed by atoms with Crippen molar-refractivity contribution in [2.75, 3.05) is 18.5 Å². The van der Waals surface area contributed by atoms with Crippen molar-refractivity contribution in [3.05, 3.63) is 47.3 Å². The predicted octanol–water partition coefficient (Wildman–Crippen LogP) is 4.13. The van der Waals surface area contributed by atoms with Crippen LogP contribution in [-0.4, -0.2) is 23.3 Å². The Morgan fingerprint density at radius 1 is 1.14 bits per heavy atom. The summed E-state index contributed by atoms with van der Waals surface area (Å²) < 4.78 is 5.31. The maximum atomic E-state index is 5.31. The van der Waals surface area contributed by atoms with Crippen LogP contribution in [0, 0.1) is 0 Å². The van der Waals surface area contributed by atoms with E-state index in [9.17, 15) is 0 Å². The van der Waals surface area contributed by atoms with E-state index >= 15 is 0 Å². The van der Waals surface area contributed by atoms with Gasteiger partial charge < -0.3 is 9.95 Å². The fraction of sp³-hybridized carbons (Fsp3) is 0.500. The molecule has 2 unspecified atom stereocenters. The number of piperidine rings is 1. The molecule has 22 heavy (non-hydrogen) atoms. The second-order valence-corrected chi connectivity index (χ2v) is 6.59. The van der Waals surface area contributed by atoms with E-state index in [0.717, 1.165) is 30.9 Å². The van der Waals surface area contributed by atoms with Crippen LogP contribution in [0.3, 0.4) is 0 Å². The first-order chi connectivity index (χ1) is 10.8. The largest absolute Gasteiger partial charge is 0.362 e. The summed E-state index contributed by atoms with van der Waals surface area (Å²) in [6.07, 6.45) is 6.73. The monoisotopic (exact) mass is 297 g/mol. The van der Waals surface area contributed by atoms with Gasteiger partial charge in [0.05, 0.1) is 0 Å². The van der Waals surface area contributed by atoms with E-state index in [4.69, 9.17) is 4.52 Å². The Balaban J connectivity index is 1.60. The number of aromatic nitrogens is 1. The van der Waals surface area contributed by atoms with Crippen molar-refractivity contribution in [2.45, 2.75) is 44.4 Å².